The molecule has 2 aliphatic rings. The van der Waals surface area contributed by atoms with E-state index in [9.17, 15) is 41.1 Å². The van der Waals surface area contributed by atoms with Crippen molar-refractivity contribution in [2.45, 2.75) is 61.8 Å². The predicted octanol–water partition coefficient (Wildman–Crippen LogP) is 7.12. The van der Waals surface area contributed by atoms with E-state index in [1.807, 2.05) is 24.3 Å². The van der Waals surface area contributed by atoms with Crippen molar-refractivity contribution in [1.82, 2.24) is 9.62 Å². The van der Waals surface area contributed by atoms with Gasteiger partial charge in [-0.2, -0.15) is 4.31 Å². The maximum absolute atomic E-state index is 13.0. The van der Waals surface area contributed by atoms with E-state index < -0.39 is 31.0 Å². The van der Waals surface area contributed by atoms with E-state index in [4.69, 9.17) is 34.7 Å². The lowest BCUT2D eigenvalue weighted by Gasteiger charge is -2.31. The standard InChI is InChI=1S/C23H27NO7S.C14H19NO2.C9H9ClO5S/c1-30-16-19-7-8-20(15-21(19)22(25)26)32(28,29)24-12-9-17(10-13-24)11-14-31-23(27)18-5-3-2-4-6-18;16-14(13-4-2-1-3-5-13)17-11-8-12-6-9-15-10-7-12;1-2-15-8-4-3-6(16(10,13)14)5-7(8)9(11)12/h2-8,15,17H,9-14,16H2,1H3,(H,25,26);1-5,12,15H,6-11H2;3-5H,2H2,1H3,(H,11,12). The zero-order valence-electron chi connectivity index (χ0n) is 36.2. The highest BCUT2D eigenvalue weighted by Gasteiger charge is 2.30. The molecule has 0 amide bonds. The second kappa shape index (κ2) is 25.9. The van der Waals surface area contributed by atoms with Gasteiger partial charge in [0.15, 0.2) is 0 Å². The molecule has 2 fully saturated rings. The molecule has 16 nitrogen and oxygen atoms in total. The van der Waals surface area contributed by atoms with Crippen molar-refractivity contribution >= 4 is 53.6 Å². The average Bonchev–Trinajstić information content (AvgIpc) is 3.30. The van der Waals surface area contributed by atoms with Crippen LogP contribution >= 0.6 is 10.7 Å². The van der Waals surface area contributed by atoms with E-state index in [0.29, 0.717) is 61.6 Å². The molecule has 0 spiro atoms. The first-order chi connectivity index (χ1) is 31.0. The van der Waals surface area contributed by atoms with Crippen molar-refractivity contribution in [2.24, 2.45) is 11.8 Å². The topological polar surface area (TPSA) is 229 Å². The molecule has 2 heterocycles. The molecule has 4 aromatic carbocycles. The number of carboxylic acid groups (broad SMARTS) is 2. The van der Waals surface area contributed by atoms with Crippen molar-refractivity contribution in [3.63, 3.8) is 0 Å². The van der Waals surface area contributed by atoms with Crippen LogP contribution in [0.5, 0.6) is 5.75 Å². The fraction of sp³-hybridized carbons (Fsp3) is 0.391. The first kappa shape index (κ1) is 52.3. The Bertz CT molecular complexity index is 2410. The van der Waals surface area contributed by atoms with E-state index in [0.717, 1.165) is 25.6 Å². The number of carboxylic acids is 2. The molecule has 4 aromatic rings. The quantitative estimate of drug-likeness (QED) is 0.0707. The molecule has 2 saturated heterocycles. The summed E-state index contributed by atoms with van der Waals surface area (Å²) in [7, 11) is -1.19. The van der Waals surface area contributed by atoms with Gasteiger partial charge in [-0.3, -0.25) is 0 Å². The van der Waals surface area contributed by atoms with Crippen LogP contribution in [-0.4, -0.2) is 108 Å². The highest BCUT2D eigenvalue weighted by atomic mass is 35.7. The Hall–Kier alpha value is -5.37. The lowest BCUT2D eigenvalue weighted by molar-refractivity contribution is 0.0464. The van der Waals surface area contributed by atoms with Gasteiger partial charge in [0.1, 0.15) is 11.3 Å². The second-order valence-electron chi connectivity index (χ2n) is 15.0. The number of rotatable bonds is 17. The molecule has 0 atom stereocenters. The lowest BCUT2D eigenvalue weighted by atomic mass is 9.95. The van der Waals surface area contributed by atoms with Gasteiger partial charge in [0.25, 0.3) is 9.05 Å². The fourth-order valence-corrected chi connectivity index (χ4v) is 9.29. The number of aromatic carboxylic acids is 2. The number of nitrogens with one attached hydrogen (secondary N) is 1. The molecule has 65 heavy (non-hydrogen) atoms. The summed E-state index contributed by atoms with van der Waals surface area (Å²) >= 11 is 0. The molecular formula is C46H55ClN2O14S2. The normalized spacial score (nSPS) is 14.7. The Morgan fingerprint density at radius 3 is 1.66 bits per heavy atom. The predicted molar refractivity (Wildman–Crippen MR) is 241 cm³/mol. The first-order valence-corrected chi connectivity index (χ1v) is 24.7. The van der Waals surface area contributed by atoms with Gasteiger partial charge in [0.05, 0.1) is 52.9 Å². The van der Waals surface area contributed by atoms with E-state index in [1.54, 1.807) is 43.3 Å². The Morgan fingerprint density at radius 2 is 1.18 bits per heavy atom. The number of halogens is 1. The third-order valence-corrected chi connectivity index (χ3v) is 13.8. The van der Waals surface area contributed by atoms with E-state index in [2.05, 4.69) is 5.32 Å². The van der Waals surface area contributed by atoms with Gasteiger partial charge in [-0.25, -0.2) is 36.0 Å². The van der Waals surface area contributed by atoms with Crippen molar-refractivity contribution in [2.75, 3.05) is 53.1 Å². The maximum atomic E-state index is 13.0. The molecule has 0 aromatic heterocycles. The number of benzene rings is 4. The molecule has 2 aliphatic heterocycles. The number of nitrogens with zero attached hydrogens (tertiary/aromatic N) is 1. The highest BCUT2D eigenvalue weighted by molar-refractivity contribution is 8.13. The number of hydrogen-bond acceptors (Lipinski definition) is 13. The van der Waals surface area contributed by atoms with Crippen molar-refractivity contribution in [3.8, 4) is 5.75 Å². The van der Waals surface area contributed by atoms with Gasteiger partial charge in [-0.05, 0) is 131 Å². The van der Waals surface area contributed by atoms with Crippen LogP contribution in [0.4, 0.5) is 0 Å². The van der Waals surface area contributed by atoms with E-state index >= 15 is 0 Å². The third kappa shape index (κ3) is 16.5. The van der Waals surface area contributed by atoms with Crippen LogP contribution in [0.2, 0.25) is 0 Å². The Kier molecular flexibility index (Phi) is 20.9. The monoisotopic (exact) mass is 958 g/mol. The smallest absolute Gasteiger partial charge is 0.339 e. The van der Waals surface area contributed by atoms with E-state index in [1.165, 1.54) is 54.6 Å². The minimum atomic E-state index is -3.94. The van der Waals surface area contributed by atoms with Crippen LogP contribution in [0.3, 0.4) is 0 Å². The van der Waals surface area contributed by atoms with Gasteiger partial charge in [0.2, 0.25) is 10.0 Å². The maximum Gasteiger partial charge on any atom is 0.339 e. The van der Waals surface area contributed by atoms with Crippen molar-refractivity contribution < 1.29 is 65.2 Å². The summed E-state index contributed by atoms with van der Waals surface area (Å²) in [5, 5.41) is 21.6. The number of ether oxygens (including phenoxy) is 4. The van der Waals surface area contributed by atoms with Crippen LogP contribution < -0.4 is 10.1 Å². The molecule has 3 N–H and O–H groups in total. The fourth-order valence-electron chi connectivity index (χ4n) is 7.02. The SMILES string of the molecule is CCOc1ccc(S(=O)(=O)Cl)cc1C(=O)O.COCc1ccc(S(=O)(=O)N2CCC(CCOC(=O)c3ccccc3)CC2)cc1C(=O)O.O=C(OCCC1CCNCC1)c1ccccc1. The summed E-state index contributed by atoms with van der Waals surface area (Å²) in [4.78, 5) is 45.7. The van der Waals surface area contributed by atoms with Crippen molar-refractivity contribution in [1.29, 1.82) is 0 Å². The number of carbonyl (C=O) groups excluding carboxylic acids is 2. The van der Waals surface area contributed by atoms with Crippen LogP contribution in [0, 0.1) is 11.8 Å². The molecule has 0 saturated carbocycles. The number of piperidine rings is 2. The van der Waals surface area contributed by atoms with Crippen LogP contribution in [-0.2, 0) is 39.9 Å². The summed E-state index contributed by atoms with van der Waals surface area (Å²) < 4.78 is 70.1. The lowest BCUT2D eigenvalue weighted by Crippen LogP contribution is -2.38. The zero-order valence-corrected chi connectivity index (χ0v) is 38.6. The van der Waals surface area contributed by atoms with Gasteiger partial charge in [0, 0.05) is 30.9 Å². The number of sulfonamides is 1. The third-order valence-electron chi connectivity index (χ3n) is 10.6. The molecular weight excluding hydrogens is 904 g/mol. The molecule has 0 aliphatic carbocycles. The highest BCUT2D eigenvalue weighted by Crippen LogP contribution is 2.28. The number of hydrogen-bond donors (Lipinski definition) is 3. The van der Waals surface area contributed by atoms with Gasteiger partial charge >= 0.3 is 23.9 Å². The largest absolute Gasteiger partial charge is 0.493 e. The van der Waals surface area contributed by atoms with Crippen LogP contribution in [0.15, 0.2) is 107 Å². The minimum Gasteiger partial charge on any atom is -0.493 e. The second-order valence-corrected chi connectivity index (χ2v) is 19.5. The summed E-state index contributed by atoms with van der Waals surface area (Å²) in [6, 6.07) is 25.5. The molecule has 0 bridgehead atoms. The first-order valence-electron chi connectivity index (χ1n) is 21.0. The molecule has 0 radical (unpaired) electrons. The zero-order chi connectivity index (χ0) is 47.4. The van der Waals surface area contributed by atoms with Gasteiger partial charge < -0.3 is 34.5 Å². The number of carbonyl (C=O) groups is 4. The number of esters is 2. The van der Waals surface area contributed by atoms with Gasteiger partial charge in [-0.15, -0.1) is 0 Å². The van der Waals surface area contributed by atoms with E-state index in [-0.39, 0.29) is 64.3 Å². The summed E-state index contributed by atoms with van der Waals surface area (Å²) in [5.74, 6) is -1.97. The Morgan fingerprint density at radius 1 is 0.692 bits per heavy atom. The van der Waals surface area contributed by atoms with Gasteiger partial charge in [-0.1, -0.05) is 42.5 Å². The summed E-state index contributed by atoms with van der Waals surface area (Å²) in [5.41, 5.74) is 1.25. The van der Waals surface area contributed by atoms with Crippen LogP contribution in [0.25, 0.3) is 0 Å². The molecule has 352 valence electrons. The molecule has 19 heteroatoms. The van der Waals surface area contributed by atoms with Crippen LogP contribution in [0.1, 0.15) is 92.4 Å². The average molecular weight is 960 g/mol. The Labute approximate surface area is 384 Å². The molecule has 0 unspecified atom stereocenters. The summed E-state index contributed by atoms with van der Waals surface area (Å²) in [6.07, 6.45) is 5.35. The number of methoxy groups -OCH3 is 1. The Balaban J connectivity index is 0.000000236. The molecule has 6 rings (SSSR count). The summed E-state index contributed by atoms with van der Waals surface area (Å²) in [6.45, 7) is 5.75. The minimum absolute atomic E-state index is 0.0370. The van der Waals surface area contributed by atoms with Crippen molar-refractivity contribution in [3.05, 3.63) is 125 Å².